The van der Waals surface area contributed by atoms with E-state index in [1.165, 1.54) is 5.57 Å². The number of carbonyl (C=O) groups excluding carboxylic acids is 1. The molecule has 1 aromatic heterocycles. The summed E-state index contributed by atoms with van der Waals surface area (Å²) in [4.78, 5) is 22.3. The Balaban J connectivity index is 1.33. The largest absolute Gasteiger partial charge is 0.365 e. The van der Waals surface area contributed by atoms with E-state index >= 15 is 0 Å². The van der Waals surface area contributed by atoms with Crippen LogP contribution in [0.5, 0.6) is 0 Å². The van der Waals surface area contributed by atoms with Gasteiger partial charge in [-0.25, -0.2) is 0 Å². The van der Waals surface area contributed by atoms with E-state index in [1.807, 2.05) is 60.7 Å². The number of halogens is 1. The van der Waals surface area contributed by atoms with E-state index in [4.69, 9.17) is 23.8 Å². The van der Waals surface area contributed by atoms with Gasteiger partial charge in [0.1, 0.15) is 0 Å². The highest BCUT2D eigenvalue weighted by atomic mass is 35.5. The molecule has 1 fully saturated rings. The van der Waals surface area contributed by atoms with Crippen molar-refractivity contribution in [1.29, 1.82) is 0 Å². The normalized spacial score (nSPS) is 19.4. The minimum atomic E-state index is -0.247. The van der Waals surface area contributed by atoms with Gasteiger partial charge in [-0.2, -0.15) is 0 Å². The van der Waals surface area contributed by atoms with Crippen molar-refractivity contribution in [1.82, 2.24) is 15.2 Å². The second-order valence-corrected chi connectivity index (χ2v) is 12.4. The van der Waals surface area contributed by atoms with Crippen molar-refractivity contribution >= 4 is 62.6 Å². The Hall–Kier alpha value is -3.94. The predicted octanol–water partition coefficient (Wildman–Crippen LogP) is 7.52. The molecule has 3 heterocycles. The summed E-state index contributed by atoms with van der Waals surface area (Å²) in [5, 5.41) is 9.93. The zero-order chi connectivity index (χ0) is 29.6. The second kappa shape index (κ2) is 11.0. The third-order valence-electron chi connectivity index (χ3n) is 8.50. The number of hydrogen-bond acceptors (Lipinski definition) is 4. The Morgan fingerprint density at radius 2 is 1.86 bits per heavy atom. The van der Waals surface area contributed by atoms with Gasteiger partial charge in [-0.15, -0.1) is 0 Å². The maximum absolute atomic E-state index is 13.3. The Kier molecular flexibility index (Phi) is 7.41. The molecule has 0 spiro atoms. The molecular formula is C34H34ClN5OS. The van der Waals surface area contributed by atoms with E-state index in [-0.39, 0.29) is 30.0 Å². The van der Waals surface area contributed by atoms with Crippen molar-refractivity contribution in [2.75, 3.05) is 23.8 Å². The quantitative estimate of drug-likeness (QED) is 0.225. The zero-order valence-corrected chi connectivity index (χ0v) is 25.8. The molecule has 0 radical (unpaired) electrons. The van der Waals surface area contributed by atoms with Gasteiger partial charge in [0.15, 0.2) is 5.11 Å². The molecule has 42 heavy (non-hydrogen) atoms. The van der Waals surface area contributed by atoms with E-state index < -0.39 is 0 Å². The summed E-state index contributed by atoms with van der Waals surface area (Å²) < 4.78 is 0. The maximum Gasteiger partial charge on any atom is 0.226 e. The molecule has 0 unspecified atom stereocenters. The zero-order valence-electron chi connectivity index (χ0n) is 24.2. The van der Waals surface area contributed by atoms with Gasteiger partial charge >= 0.3 is 0 Å². The van der Waals surface area contributed by atoms with Crippen LogP contribution in [0.3, 0.4) is 0 Å². The van der Waals surface area contributed by atoms with Gasteiger partial charge in [-0.05, 0) is 79.8 Å². The third kappa shape index (κ3) is 5.12. The fourth-order valence-corrected chi connectivity index (χ4v) is 6.77. The van der Waals surface area contributed by atoms with E-state index in [0.29, 0.717) is 16.7 Å². The van der Waals surface area contributed by atoms with Crippen LogP contribution in [-0.4, -0.2) is 40.0 Å². The predicted molar refractivity (Wildman–Crippen MR) is 177 cm³/mol. The number of rotatable bonds is 6. The Morgan fingerprint density at radius 3 is 2.64 bits per heavy atom. The molecule has 2 atom stereocenters. The van der Waals surface area contributed by atoms with Crippen LogP contribution in [0.25, 0.3) is 16.3 Å². The first-order valence-electron chi connectivity index (χ1n) is 14.2. The molecule has 0 aliphatic carbocycles. The van der Waals surface area contributed by atoms with Crippen LogP contribution < -0.4 is 15.5 Å². The number of fused-ring (bicyclic) bond motifs is 2. The number of benzene rings is 3. The molecule has 6 nitrogen and oxygen atoms in total. The lowest BCUT2D eigenvalue weighted by Gasteiger charge is -2.41. The highest BCUT2D eigenvalue weighted by Gasteiger charge is 2.41. The summed E-state index contributed by atoms with van der Waals surface area (Å²) in [5.41, 5.74) is 5.93. The Labute approximate surface area is 257 Å². The average molecular weight is 596 g/mol. The number of amides is 1. The first-order chi connectivity index (χ1) is 20.1. The fourth-order valence-electron chi connectivity index (χ4n) is 6.17. The number of carbonyl (C=O) groups is 1. The lowest BCUT2D eigenvalue weighted by Crippen LogP contribution is -2.42. The maximum atomic E-state index is 13.3. The number of hydrogen-bond donors (Lipinski definition) is 2. The number of anilines is 2. The van der Waals surface area contributed by atoms with Gasteiger partial charge in [0.25, 0.3) is 0 Å². The van der Waals surface area contributed by atoms with Crippen molar-refractivity contribution in [3.63, 3.8) is 0 Å². The number of aromatic nitrogens is 1. The summed E-state index contributed by atoms with van der Waals surface area (Å²) in [6.45, 7) is 6.96. The minimum absolute atomic E-state index is 0.0756. The standard InChI is InChI=1S/C34H34ClN5OS/c1-21-20-34(2,3)39(4)29-19-26(35)25(18-24(21)29)32-31(28-13-7-8-16-36-28)38-33(42)40(32)17-15-30(41)37-27-14-9-11-22-10-5-6-12-23(22)27/h5-14,16,18-20,31-32H,15,17H2,1-4H3,(H,37,41)(H,38,42)/t31-,32-/m0/s1. The minimum Gasteiger partial charge on any atom is -0.365 e. The van der Waals surface area contributed by atoms with Crippen molar-refractivity contribution in [3.8, 4) is 0 Å². The summed E-state index contributed by atoms with van der Waals surface area (Å²) in [6, 6.07) is 23.6. The van der Waals surface area contributed by atoms with Crippen LogP contribution in [0.15, 0.2) is 85.1 Å². The van der Waals surface area contributed by atoms with E-state index in [2.05, 4.69) is 71.4 Å². The number of allylic oxidation sites excluding steroid dienone is 1. The van der Waals surface area contributed by atoms with Gasteiger partial charge in [0, 0.05) is 53.6 Å². The van der Waals surface area contributed by atoms with Crippen LogP contribution in [0.2, 0.25) is 5.02 Å². The summed E-state index contributed by atoms with van der Waals surface area (Å²) in [5.74, 6) is -0.0756. The van der Waals surface area contributed by atoms with Crippen LogP contribution in [0.4, 0.5) is 11.4 Å². The van der Waals surface area contributed by atoms with Gasteiger partial charge in [0.2, 0.25) is 5.91 Å². The molecule has 0 bridgehead atoms. The van der Waals surface area contributed by atoms with E-state index in [9.17, 15) is 4.79 Å². The van der Waals surface area contributed by atoms with Crippen LogP contribution >= 0.6 is 23.8 Å². The molecule has 0 saturated carbocycles. The molecule has 2 aliphatic heterocycles. The van der Waals surface area contributed by atoms with E-state index in [1.54, 1.807) is 6.20 Å². The number of pyridine rings is 1. The van der Waals surface area contributed by atoms with Crippen LogP contribution in [0, 0.1) is 0 Å². The Bertz CT molecular complexity index is 1710. The van der Waals surface area contributed by atoms with Gasteiger partial charge in [0.05, 0.1) is 23.3 Å². The molecule has 6 rings (SSSR count). The Morgan fingerprint density at radius 1 is 1.10 bits per heavy atom. The van der Waals surface area contributed by atoms with Crippen LogP contribution in [-0.2, 0) is 4.79 Å². The van der Waals surface area contributed by atoms with Crippen molar-refractivity contribution in [2.45, 2.75) is 44.8 Å². The number of likely N-dealkylation sites (N-methyl/N-ethyl adjacent to an activating group) is 1. The highest BCUT2D eigenvalue weighted by molar-refractivity contribution is 7.80. The number of nitrogens with zero attached hydrogens (tertiary/aromatic N) is 3. The molecule has 2 N–H and O–H groups in total. The monoisotopic (exact) mass is 595 g/mol. The highest BCUT2D eigenvalue weighted by Crippen LogP contribution is 2.46. The molecule has 3 aromatic carbocycles. The van der Waals surface area contributed by atoms with Gasteiger partial charge in [-0.1, -0.05) is 60.1 Å². The topological polar surface area (TPSA) is 60.5 Å². The lowest BCUT2D eigenvalue weighted by atomic mass is 9.86. The molecule has 1 saturated heterocycles. The summed E-state index contributed by atoms with van der Waals surface area (Å²) in [6.07, 6.45) is 4.33. The van der Waals surface area contributed by atoms with Crippen molar-refractivity contribution in [2.24, 2.45) is 0 Å². The van der Waals surface area contributed by atoms with Crippen LogP contribution in [0.1, 0.15) is 56.1 Å². The summed E-state index contributed by atoms with van der Waals surface area (Å²) >= 11 is 13.0. The molecule has 4 aromatic rings. The van der Waals surface area contributed by atoms with E-state index in [0.717, 1.165) is 39.0 Å². The third-order valence-corrected chi connectivity index (χ3v) is 9.18. The van der Waals surface area contributed by atoms with Crippen molar-refractivity contribution in [3.05, 3.63) is 107 Å². The van der Waals surface area contributed by atoms with Gasteiger partial charge in [-0.3, -0.25) is 9.78 Å². The summed E-state index contributed by atoms with van der Waals surface area (Å²) in [7, 11) is 2.10. The second-order valence-electron chi connectivity index (χ2n) is 11.6. The smallest absolute Gasteiger partial charge is 0.226 e. The fraction of sp³-hybridized carbons (Fsp3) is 0.265. The molecule has 2 aliphatic rings. The lowest BCUT2D eigenvalue weighted by molar-refractivity contribution is -0.116. The first kappa shape index (κ1) is 28.2. The average Bonchev–Trinajstić information content (AvgIpc) is 3.30. The van der Waals surface area contributed by atoms with Crippen molar-refractivity contribution < 1.29 is 4.79 Å². The number of nitrogens with one attached hydrogen (secondary N) is 2. The molecule has 1 amide bonds. The SMILES string of the molecule is CC1=CC(C)(C)N(C)c2cc(Cl)c([C@H]3[C@H](c4ccccn4)NC(=S)N3CCC(=O)Nc3cccc4ccccc34)cc21. The van der Waals surface area contributed by atoms with Gasteiger partial charge < -0.3 is 20.4 Å². The first-order valence-corrected chi connectivity index (χ1v) is 15.0. The molecule has 214 valence electrons. The molecular weight excluding hydrogens is 562 g/mol. The number of thiocarbonyl (C=S) groups is 1. The molecule has 8 heteroatoms.